The Morgan fingerprint density at radius 2 is 2.19 bits per heavy atom. The third-order valence-electron chi connectivity index (χ3n) is 3.04. The van der Waals surface area contributed by atoms with Crippen LogP contribution in [-0.2, 0) is 13.6 Å². The topological polar surface area (TPSA) is 94.7 Å². The van der Waals surface area contributed by atoms with Crippen molar-refractivity contribution in [3.63, 3.8) is 0 Å². The van der Waals surface area contributed by atoms with E-state index in [1.165, 1.54) is 19.2 Å². The monoisotopic (exact) mass is 290 g/mol. The number of carbonyl (C=O) groups excluding carboxylic acids is 1. The van der Waals surface area contributed by atoms with Crippen LogP contribution < -0.4 is 10.9 Å². The Labute approximate surface area is 121 Å². The Hall–Kier alpha value is -2.51. The number of nitrogens with zero attached hydrogens (tertiary/aromatic N) is 5. The number of carbonyl (C=O) groups is 1. The Balaban J connectivity index is 2.13. The van der Waals surface area contributed by atoms with Gasteiger partial charge in [0.25, 0.3) is 11.5 Å². The molecular weight excluding hydrogens is 272 g/mol. The molecule has 0 aliphatic rings. The predicted octanol–water partition coefficient (Wildman–Crippen LogP) is 0.273. The highest BCUT2D eigenvalue weighted by Crippen LogP contribution is 2.10. The number of hydrogen-bond acceptors (Lipinski definition) is 5. The van der Waals surface area contributed by atoms with Crippen LogP contribution in [-0.4, -0.2) is 30.5 Å². The quantitative estimate of drug-likeness (QED) is 0.853. The minimum atomic E-state index is -0.357. The molecule has 0 saturated heterocycles. The van der Waals surface area contributed by atoms with Gasteiger partial charge in [0.05, 0.1) is 6.04 Å². The van der Waals surface area contributed by atoms with Crippen molar-refractivity contribution in [2.24, 2.45) is 7.05 Å². The zero-order chi connectivity index (χ0) is 15.4. The van der Waals surface area contributed by atoms with Gasteiger partial charge >= 0.3 is 0 Å². The number of aromatic nitrogens is 5. The van der Waals surface area contributed by atoms with Gasteiger partial charge in [-0.1, -0.05) is 6.92 Å². The highest BCUT2D eigenvalue weighted by Gasteiger charge is 2.17. The van der Waals surface area contributed by atoms with Crippen LogP contribution in [0.1, 0.15) is 42.6 Å². The van der Waals surface area contributed by atoms with Gasteiger partial charge in [0.1, 0.15) is 12.0 Å². The molecule has 1 atom stereocenters. The molecule has 2 rings (SSSR count). The molecule has 8 nitrogen and oxygen atoms in total. The van der Waals surface area contributed by atoms with Gasteiger partial charge in [-0.15, -0.1) is 10.2 Å². The van der Waals surface area contributed by atoms with E-state index in [1.807, 2.05) is 11.5 Å². The second-order valence-corrected chi connectivity index (χ2v) is 4.76. The first-order valence-electron chi connectivity index (χ1n) is 6.76. The van der Waals surface area contributed by atoms with E-state index in [0.29, 0.717) is 5.82 Å². The standard InChI is InChI=1S/C13H18N6O2/c1-4-7-19-8-14-16-12(19)9(2)15-13(21)10-5-6-11(20)18(3)17-10/h5-6,8-9H,4,7H2,1-3H3,(H,15,21)/t9-/m0/s1. The van der Waals surface area contributed by atoms with Crippen molar-refractivity contribution >= 4 is 5.91 Å². The van der Waals surface area contributed by atoms with Crippen molar-refractivity contribution in [2.75, 3.05) is 0 Å². The first-order chi connectivity index (χ1) is 10.0. The molecule has 1 amide bonds. The van der Waals surface area contributed by atoms with E-state index in [-0.39, 0.29) is 23.2 Å². The van der Waals surface area contributed by atoms with Crippen LogP contribution in [0.3, 0.4) is 0 Å². The molecule has 0 saturated carbocycles. The molecule has 2 aromatic rings. The van der Waals surface area contributed by atoms with Crippen LogP contribution in [0.5, 0.6) is 0 Å². The van der Waals surface area contributed by atoms with Gasteiger partial charge < -0.3 is 9.88 Å². The summed E-state index contributed by atoms with van der Waals surface area (Å²) in [7, 11) is 1.50. The first kappa shape index (κ1) is 14.9. The number of nitrogens with one attached hydrogen (secondary N) is 1. The average molecular weight is 290 g/mol. The maximum absolute atomic E-state index is 12.1. The van der Waals surface area contributed by atoms with E-state index >= 15 is 0 Å². The average Bonchev–Trinajstić information content (AvgIpc) is 2.90. The highest BCUT2D eigenvalue weighted by atomic mass is 16.2. The summed E-state index contributed by atoms with van der Waals surface area (Å²) in [6.45, 7) is 4.68. The Bertz CT molecular complexity index is 690. The molecule has 2 heterocycles. The maximum Gasteiger partial charge on any atom is 0.272 e. The molecule has 112 valence electrons. The summed E-state index contributed by atoms with van der Waals surface area (Å²) in [4.78, 5) is 23.4. The van der Waals surface area contributed by atoms with Gasteiger partial charge in [0.2, 0.25) is 0 Å². The molecule has 0 aliphatic heterocycles. The van der Waals surface area contributed by atoms with Crippen molar-refractivity contribution in [1.82, 2.24) is 29.9 Å². The van der Waals surface area contributed by atoms with E-state index in [2.05, 4.69) is 27.5 Å². The summed E-state index contributed by atoms with van der Waals surface area (Å²) in [6, 6.07) is 2.42. The Morgan fingerprint density at radius 1 is 1.43 bits per heavy atom. The van der Waals surface area contributed by atoms with E-state index in [0.717, 1.165) is 17.6 Å². The molecule has 0 radical (unpaired) electrons. The summed E-state index contributed by atoms with van der Waals surface area (Å²) in [5.74, 6) is 0.333. The lowest BCUT2D eigenvalue weighted by Gasteiger charge is -2.14. The maximum atomic E-state index is 12.1. The van der Waals surface area contributed by atoms with Crippen LogP contribution in [0.15, 0.2) is 23.3 Å². The molecule has 1 N–H and O–H groups in total. The largest absolute Gasteiger partial charge is 0.341 e. The van der Waals surface area contributed by atoms with E-state index < -0.39 is 0 Å². The van der Waals surface area contributed by atoms with E-state index in [4.69, 9.17) is 0 Å². The van der Waals surface area contributed by atoms with Crippen molar-refractivity contribution < 1.29 is 4.79 Å². The van der Waals surface area contributed by atoms with Crippen LogP contribution >= 0.6 is 0 Å². The molecule has 0 unspecified atom stereocenters. The fraction of sp³-hybridized carbons (Fsp3) is 0.462. The molecule has 21 heavy (non-hydrogen) atoms. The Kier molecular flexibility index (Phi) is 4.46. The molecule has 0 fully saturated rings. The zero-order valence-corrected chi connectivity index (χ0v) is 12.3. The van der Waals surface area contributed by atoms with Gasteiger partial charge in [-0.2, -0.15) is 5.10 Å². The van der Waals surface area contributed by atoms with Crippen molar-refractivity contribution in [2.45, 2.75) is 32.9 Å². The summed E-state index contributed by atoms with van der Waals surface area (Å²) in [5, 5.41) is 14.6. The lowest BCUT2D eigenvalue weighted by Crippen LogP contribution is -2.31. The van der Waals surface area contributed by atoms with Gasteiger partial charge in [-0.05, 0) is 19.4 Å². The minimum Gasteiger partial charge on any atom is -0.341 e. The van der Waals surface area contributed by atoms with Gasteiger partial charge in [-0.25, -0.2) is 4.68 Å². The van der Waals surface area contributed by atoms with Gasteiger partial charge in [-0.3, -0.25) is 9.59 Å². The van der Waals surface area contributed by atoms with Crippen LogP contribution in [0.2, 0.25) is 0 Å². The van der Waals surface area contributed by atoms with Crippen molar-refractivity contribution in [3.05, 3.63) is 40.3 Å². The summed E-state index contributed by atoms with van der Waals surface area (Å²) >= 11 is 0. The number of aryl methyl sites for hydroxylation is 2. The molecule has 0 spiro atoms. The third kappa shape index (κ3) is 3.33. The molecule has 8 heteroatoms. The number of rotatable bonds is 5. The smallest absolute Gasteiger partial charge is 0.272 e. The van der Waals surface area contributed by atoms with Gasteiger partial charge in [0.15, 0.2) is 5.82 Å². The van der Waals surface area contributed by atoms with Crippen molar-refractivity contribution in [1.29, 1.82) is 0 Å². The fourth-order valence-corrected chi connectivity index (χ4v) is 1.97. The van der Waals surface area contributed by atoms with Crippen LogP contribution in [0.4, 0.5) is 0 Å². The molecule has 0 aliphatic carbocycles. The molecule has 2 aromatic heterocycles. The van der Waals surface area contributed by atoms with Crippen molar-refractivity contribution in [3.8, 4) is 0 Å². The van der Waals surface area contributed by atoms with E-state index in [1.54, 1.807) is 6.33 Å². The second kappa shape index (κ2) is 6.29. The fourth-order valence-electron chi connectivity index (χ4n) is 1.97. The summed E-state index contributed by atoms with van der Waals surface area (Å²) in [5.41, 5.74) is -0.0761. The van der Waals surface area contributed by atoms with Crippen LogP contribution in [0, 0.1) is 0 Å². The van der Waals surface area contributed by atoms with Crippen LogP contribution in [0.25, 0.3) is 0 Å². The lowest BCUT2D eigenvalue weighted by molar-refractivity contribution is 0.0930. The third-order valence-corrected chi connectivity index (χ3v) is 3.04. The molecule has 0 aromatic carbocycles. The Morgan fingerprint density at radius 3 is 2.86 bits per heavy atom. The molecule has 0 bridgehead atoms. The highest BCUT2D eigenvalue weighted by molar-refractivity contribution is 5.92. The predicted molar refractivity (Wildman–Crippen MR) is 75.7 cm³/mol. The second-order valence-electron chi connectivity index (χ2n) is 4.76. The summed E-state index contributed by atoms with van der Waals surface area (Å²) < 4.78 is 3.03. The zero-order valence-electron chi connectivity index (χ0n) is 12.3. The number of hydrogen-bond donors (Lipinski definition) is 1. The SMILES string of the molecule is CCCn1cnnc1[C@H](C)NC(=O)c1ccc(=O)n(C)n1. The normalized spacial score (nSPS) is 12.1. The van der Waals surface area contributed by atoms with Gasteiger partial charge in [0, 0.05) is 19.7 Å². The lowest BCUT2D eigenvalue weighted by atomic mass is 10.2. The van der Waals surface area contributed by atoms with E-state index in [9.17, 15) is 9.59 Å². The summed E-state index contributed by atoms with van der Waals surface area (Å²) in [6.07, 6.45) is 2.60. The number of amides is 1. The molecular formula is C13H18N6O2. The first-order valence-corrected chi connectivity index (χ1v) is 6.76. The minimum absolute atomic E-state index is 0.186.